The van der Waals surface area contributed by atoms with Gasteiger partial charge in [0, 0.05) is 36.4 Å². The van der Waals surface area contributed by atoms with Crippen LogP contribution in [0.15, 0.2) is 66.9 Å². The molecular weight excluding hydrogens is 551 g/mol. The van der Waals surface area contributed by atoms with Crippen molar-refractivity contribution >= 4 is 28.6 Å². The molecule has 2 aromatic carbocycles. The summed E-state index contributed by atoms with van der Waals surface area (Å²) in [6.45, 7) is 7.87. The first-order chi connectivity index (χ1) is 19.4. The molecule has 1 aliphatic rings. The van der Waals surface area contributed by atoms with E-state index in [2.05, 4.69) is 52.8 Å². The number of carbonyl (C=O) groups excluding carboxylic acids is 1. The molecule has 1 saturated heterocycles. The summed E-state index contributed by atoms with van der Waals surface area (Å²) >= 11 is 6.22. The number of pyridine rings is 1. The number of piperidine rings is 1. The summed E-state index contributed by atoms with van der Waals surface area (Å²) in [7, 11) is 0. The van der Waals surface area contributed by atoms with E-state index in [9.17, 15) is 18.0 Å². The van der Waals surface area contributed by atoms with E-state index in [-0.39, 0.29) is 16.9 Å². The second-order valence-corrected chi connectivity index (χ2v) is 11.7. The minimum atomic E-state index is -4.68. The number of ketones is 1. The summed E-state index contributed by atoms with van der Waals surface area (Å²) in [6.07, 6.45) is -0.0934. The van der Waals surface area contributed by atoms with Gasteiger partial charge in [0.15, 0.2) is 5.78 Å². The molecule has 0 bridgehead atoms. The van der Waals surface area contributed by atoms with E-state index in [4.69, 9.17) is 11.6 Å². The number of alkyl halides is 3. The molecule has 3 heterocycles. The van der Waals surface area contributed by atoms with Crippen LogP contribution in [-0.4, -0.2) is 34.8 Å². The Hall–Kier alpha value is -3.52. The van der Waals surface area contributed by atoms with Crippen LogP contribution in [0.25, 0.3) is 5.52 Å². The maximum Gasteiger partial charge on any atom is 0.573 e. The van der Waals surface area contributed by atoms with Gasteiger partial charge in [-0.3, -0.25) is 4.79 Å². The Bertz CT molecular complexity index is 1520. The molecule has 0 spiro atoms. The normalized spacial score (nSPS) is 15.0. The van der Waals surface area contributed by atoms with E-state index in [0.717, 1.165) is 54.0 Å². The number of anilines is 1. The highest BCUT2D eigenvalue weighted by Crippen LogP contribution is 2.35. The van der Waals surface area contributed by atoms with Crippen LogP contribution in [-0.2, 0) is 11.8 Å². The second-order valence-electron chi connectivity index (χ2n) is 11.3. The van der Waals surface area contributed by atoms with Gasteiger partial charge in [0.1, 0.15) is 5.75 Å². The van der Waals surface area contributed by atoms with Crippen molar-refractivity contribution in [3.05, 3.63) is 94.3 Å². The summed E-state index contributed by atoms with van der Waals surface area (Å²) in [5, 5.41) is 5.16. The zero-order valence-corrected chi connectivity index (χ0v) is 24.1. The number of rotatable bonds is 8. The Morgan fingerprint density at radius 1 is 1.02 bits per heavy atom. The fraction of sp³-hybridized carbons (Fsp3) is 0.375. The van der Waals surface area contributed by atoms with Crippen molar-refractivity contribution in [3.63, 3.8) is 0 Å². The number of hydrogen-bond acceptors (Lipinski definition) is 4. The van der Waals surface area contributed by atoms with Crippen molar-refractivity contribution in [1.82, 2.24) is 9.61 Å². The van der Waals surface area contributed by atoms with Gasteiger partial charge >= 0.3 is 6.36 Å². The van der Waals surface area contributed by atoms with Crippen LogP contribution < -0.4 is 9.64 Å². The molecule has 0 aliphatic carbocycles. The lowest BCUT2D eigenvalue weighted by Gasteiger charge is -2.34. The average molecular weight is 584 g/mol. The first-order valence-corrected chi connectivity index (χ1v) is 14.2. The summed E-state index contributed by atoms with van der Waals surface area (Å²) in [4.78, 5) is 15.9. The number of nitrogens with zero attached hydrogens (tertiary/aromatic N) is 3. The monoisotopic (exact) mass is 583 g/mol. The highest BCUT2D eigenvalue weighted by molar-refractivity contribution is 6.31. The van der Waals surface area contributed by atoms with Gasteiger partial charge in [-0.2, -0.15) is 5.10 Å². The van der Waals surface area contributed by atoms with Crippen LogP contribution in [0.5, 0.6) is 5.75 Å². The Balaban J connectivity index is 1.22. The van der Waals surface area contributed by atoms with Gasteiger partial charge in [-0.15, -0.1) is 13.2 Å². The molecule has 0 radical (unpaired) electrons. The molecule has 5 nitrogen and oxygen atoms in total. The third-order valence-corrected chi connectivity index (χ3v) is 8.21. The van der Waals surface area contributed by atoms with Crippen LogP contribution >= 0.6 is 11.6 Å². The third kappa shape index (κ3) is 6.53. The SMILES string of the molecule is CCc1nn2ccc(Cl)cc2c1C(=O)CC(C)(C)c1ccc(N2CCC(c3ccc(OC(F)(F)F)cc3)CC2)cc1. The Kier molecular flexibility index (Phi) is 8.06. The van der Waals surface area contributed by atoms with Gasteiger partial charge in [0.2, 0.25) is 0 Å². The van der Waals surface area contributed by atoms with Gasteiger partial charge in [0.25, 0.3) is 0 Å². The number of aryl methyl sites for hydroxylation is 1. The molecule has 0 amide bonds. The maximum atomic E-state index is 13.6. The number of fused-ring (bicyclic) bond motifs is 1. The summed E-state index contributed by atoms with van der Waals surface area (Å²) in [6, 6.07) is 18.2. The zero-order valence-electron chi connectivity index (χ0n) is 23.3. The van der Waals surface area contributed by atoms with E-state index in [0.29, 0.717) is 29.3 Å². The molecule has 0 unspecified atom stereocenters. The Morgan fingerprint density at radius 3 is 2.29 bits per heavy atom. The summed E-state index contributed by atoms with van der Waals surface area (Å²) < 4.78 is 43.0. The van der Waals surface area contributed by atoms with Crippen LogP contribution in [0.2, 0.25) is 5.02 Å². The highest BCUT2D eigenvalue weighted by Gasteiger charge is 2.31. The van der Waals surface area contributed by atoms with E-state index in [1.54, 1.807) is 35.0 Å². The second kappa shape index (κ2) is 11.4. The standard InChI is InChI=1S/C32H33ClF3N3O2/c1-4-27-30(28-19-24(33)15-18-39(28)37-27)29(40)20-31(2,3)23-7-9-25(10-8-23)38-16-13-22(14-17-38)21-5-11-26(12-6-21)41-32(34,35)36/h5-12,15,18-19,22H,4,13-14,16-17,20H2,1-3H3. The number of aromatic nitrogens is 2. The topological polar surface area (TPSA) is 46.8 Å². The van der Waals surface area contributed by atoms with E-state index in [1.807, 2.05) is 6.92 Å². The molecule has 5 rings (SSSR count). The number of benzene rings is 2. The number of hydrogen-bond donors (Lipinski definition) is 0. The van der Waals surface area contributed by atoms with Crippen LogP contribution in [0.3, 0.4) is 0 Å². The molecule has 4 aromatic rings. The van der Waals surface area contributed by atoms with Gasteiger partial charge in [-0.25, -0.2) is 4.52 Å². The van der Waals surface area contributed by atoms with Gasteiger partial charge < -0.3 is 9.64 Å². The van der Waals surface area contributed by atoms with Crippen molar-refractivity contribution in [1.29, 1.82) is 0 Å². The molecule has 0 atom stereocenters. The van der Waals surface area contributed by atoms with Crippen molar-refractivity contribution < 1.29 is 22.7 Å². The molecule has 41 heavy (non-hydrogen) atoms. The van der Waals surface area contributed by atoms with Crippen molar-refractivity contribution in [2.75, 3.05) is 18.0 Å². The zero-order chi connectivity index (χ0) is 29.4. The van der Waals surface area contributed by atoms with Gasteiger partial charge in [-0.1, -0.05) is 56.6 Å². The average Bonchev–Trinajstić information content (AvgIpc) is 3.30. The molecule has 0 saturated carbocycles. The van der Waals surface area contributed by atoms with E-state index < -0.39 is 6.36 Å². The first kappa shape index (κ1) is 29.0. The third-order valence-electron chi connectivity index (χ3n) is 7.98. The number of carbonyl (C=O) groups is 1. The smallest absolute Gasteiger partial charge is 0.406 e. The van der Waals surface area contributed by atoms with Gasteiger partial charge in [-0.05, 0) is 78.1 Å². The fourth-order valence-corrected chi connectivity index (χ4v) is 5.91. The van der Waals surface area contributed by atoms with Crippen LogP contribution in [0.1, 0.15) is 73.1 Å². The van der Waals surface area contributed by atoms with E-state index >= 15 is 0 Å². The molecular formula is C32H33ClF3N3O2. The molecule has 0 N–H and O–H groups in total. The molecule has 1 aliphatic heterocycles. The van der Waals surface area contributed by atoms with Gasteiger partial charge in [0.05, 0.1) is 16.8 Å². The van der Waals surface area contributed by atoms with Crippen LogP contribution in [0.4, 0.5) is 18.9 Å². The molecule has 9 heteroatoms. The number of halogens is 4. The summed E-state index contributed by atoms with van der Waals surface area (Å²) in [5.41, 5.74) is 5.00. The molecule has 216 valence electrons. The highest BCUT2D eigenvalue weighted by atomic mass is 35.5. The minimum Gasteiger partial charge on any atom is -0.406 e. The Morgan fingerprint density at radius 2 is 1.68 bits per heavy atom. The molecule has 2 aromatic heterocycles. The summed E-state index contributed by atoms with van der Waals surface area (Å²) in [5.74, 6) is 0.142. The van der Waals surface area contributed by atoms with Crippen molar-refractivity contribution in [2.45, 2.75) is 64.1 Å². The Labute approximate surface area is 242 Å². The van der Waals surface area contributed by atoms with Crippen molar-refractivity contribution in [2.24, 2.45) is 0 Å². The predicted octanol–water partition coefficient (Wildman–Crippen LogP) is 8.38. The lowest BCUT2D eigenvalue weighted by molar-refractivity contribution is -0.274. The lowest BCUT2D eigenvalue weighted by atomic mass is 9.79. The first-order valence-electron chi connectivity index (χ1n) is 13.8. The van der Waals surface area contributed by atoms with E-state index in [1.165, 1.54) is 12.1 Å². The number of ether oxygens (including phenoxy) is 1. The maximum absolute atomic E-state index is 13.6. The fourth-order valence-electron chi connectivity index (χ4n) is 5.75. The van der Waals surface area contributed by atoms with Crippen LogP contribution in [0, 0.1) is 0 Å². The minimum absolute atomic E-state index is 0.0493. The number of Topliss-reactive ketones (excluding diaryl/α,β-unsaturated/α-hetero) is 1. The predicted molar refractivity (Wildman–Crippen MR) is 155 cm³/mol. The molecule has 1 fully saturated rings. The quantitative estimate of drug-likeness (QED) is 0.195. The lowest BCUT2D eigenvalue weighted by Crippen LogP contribution is -2.33. The largest absolute Gasteiger partial charge is 0.573 e. The van der Waals surface area contributed by atoms with Crippen molar-refractivity contribution in [3.8, 4) is 5.75 Å².